The van der Waals surface area contributed by atoms with Gasteiger partial charge in [0.2, 0.25) is 5.91 Å². The summed E-state index contributed by atoms with van der Waals surface area (Å²) >= 11 is 0. The summed E-state index contributed by atoms with van der Waals surface area (Å²) in [6, 6.07) is 6.74. The van der Waals surface area contributed by atoms with Gasteiger partial charge in [0.05, 0.1) is 0 Å². The average molecular weight is 189 g/mol. The molecule has 14 heavy (non-hydrogen) atoms. The van der Waals surface area contributed by atoms with Crippen LogP contribution in [-0.2, 0) is 4.79 Å². The second-order valence-corrected chi connectivity index (χ2v) is 2.87. The summed E-state index contributed by atoms with van der Waals surface area (Å²) in [4.78, 5) is 10.7. The Hall–Kier alpha value is -1.79. The van der Waals surface area contributed by atoms with E-state index in [1.807, 2.05) is 0 Å². The van der Waals surface area contributed by atoms with E-state index in [2.05, 4.69) is 11.2 Å². The highest BCUT2D eigenvalue weighted by Crippen LogP contribution is 2.15. The Morgan fingerprint density at radius 3 is 2.50 bits per heavy atom. The van der Waals surface area contributed by atoms with Gasteiger partial charge >= 0.3 is 0 Å². The fraction of sp³-hybridized carbons (Fsp3) is 0.182. The Kier molecular flexibility index (Phi) is 3.27. The molecule has 1 atom stereocenters. The van der Waals surface area contributed by atoms with Gasteiger partial charge in [0.15, 0.2) is 0 Å². The molecule has 0 radical (unpaired) electrons. The van der Waals surface area contributed by atoms with E-state index in [0.717, 1.165) is 0 Å². The maximum Gasteiger partial charge on any atom is 0.221 e. The maximum absolute atomic E-state index is 10.7. The first-order chi connectivity index (χ1) is 6.63. The summed E-state index contributed by atoms with van der Waals surface area (Å²) in [5, 5.41) is 11.9. The van der Waals surface area contributed by atoms with E-state index in [1.54, 1.807) is 24.3 Å². The molecule has 0 spiro atoms. The fourth-order valence-electron chi connectivity index (χ4n) is 1.05. The summed E-state index contributed by atoms with van der Waals surface area (Å²) in [6.07, 6.45) is 4.17. The molecule has 0 heterocycles. The Morgan fingerprint density at radius 1 is 1.50 bits per heavy atom. The molecule has 3 nitrogen and oxygen atoms in total. The molecular formula is C11H11NO2. The van der Waals surface area contributed by atoms with Crippen LogP contribution in [0.3, 0.4) is 0 Å². The monoisotopic (exact) mass is 189 g/mol. The number of nitrogens with one attached hydrogen (secondary N) is 1. The largest absolute Gasteiger partial charge is 0.376 e. The molecule has 0 aliphatic heterocycles. The van der Waals surface area contributed by atoms with Crippen molar-refractivity contribution >= 4 is 11.6 Å². The highest BCUT2D eigenvalue weighted by molar-refractivity contribution is 5.88. The first kappa shape index (κ1) is 10.3. The molecule has 1 rings (SSSR count). The normalized spacial score (nSPS) is 11.5. The average Bonchev–Trinajstić information content (AvgIpc) is 2.17. The zero-order chi connectivity index (χ0) is 10.6. The van der Waals surface area contributed by atoms with Crippen LogP contribution in [0.4, 0.5) is 5.69 Å². The lowest BCUT2D eigenvalue weighted by molar-refractivity contribution is -0.114. The number of aliphatic hydroxyl groups is 1. The molecule has 1 aromatic rings. The van der Waals surface area contributed by atoms with Crippen LogP contribution in [0.1, 0.15) is 18.6 Å². The second-order valence-electron chi connectivity index (χ2n) is 2.87. The molecule has 1 amide bonds. The fourth-order valence-corrected chi connectivity index (χ4v) is 1.05. The molecule has 72 valence electrons. The van der Waals surface area contributed by atoms with Crippen LogP contribution in [0, 0.1) is 12.3 Å². The van der Waals surface area contributed by atoms with Crippen molar-refractivity contribution in [3.05, 3.63) is 29.8 Å². The number of anilines is 1. The van der Waals surface area contributed by atoms with Gasteiger partial charge in [-0.25, -0.2) is 0 Å². The quantitative estimate of drug-likeness (QED) is 0.689. The van der Waals surface area contributed by atoms with E-state index in [-0.39, 0.29) is 5.91 Å². The topological polar surface area (TPSA) is 49.3 Å². The van der Waals surface area contributed by atoms with Gasteiger partial charge in [0.25, 0.3) is 0 Å². The highest BCUT2D eigenvalue weighted by atomic mass is 16.3. The number of aliphatic hydroxyl groups excluding tert-OH is 1. The zero-order valence-electron chi connectivity index (χ0n) is 7.82. The molecule has 2 N–H and O–H groups in total. The smallest absolute Gasteiger partial charge is 0.221 e. The van der Waals surface area contributed by atoms with E-state index >= 15 is 0 Å². The van der Waals surface area contributed by atoms with Gasteiger partial charge in [-0.2, -0.15) is 0 Å². The van der Waals surface area contributed by atoms with Crippen LogP contribution in [0.25, 0.3) is 0 Å². The number of hydrogen-bond acceptors (Lipinski definition) is 2. The Morgan fingerprint density at radius 2 is 2.07 bits per heavy atom. The molecule has 0 aliphatic rings. The SMILES string of the molecule is C#CC(O)c1ccc(NC(C)=O)cc1. The third-order valence-corrected chi connectivity index (χ3v) is 1.70. The summed E-state index contributed by atoms with van der Waals surface area (Å²) in [6.45, 7) is 1.43. The second kappa shape index (κ2) is 4.45. The minimum Gasteiger partial charge on any atom is -0.376 e. The van der Waals surface area contributed by atoms with Crippen molar-refractivity contribution in [2.24, 2.45) is 0 Å². The molecule has 0 saturated heterocycles. The van der Waals surface area contributed by atoms with Crippen molar-refractivity contribution in [2.75, 3.05) is 5.32 Å². The minimum atomic E-state index is -0.888. The first-order valence-corrected chi connectivity index (χ1v) is 4.15. The lowest BCUT2D eigenvalue weighted by atomic mass is 10.1. The van der Waals surface area contributed by atoms with Crippen LogP contribution in [0.15, 0.2) is 24.3 Å². The van der Waals surface area contributed by atoms with Crippen LogP contribution in [0.5, 0.6) is 0 Å². The van der Waals surface area contributed by atoms with Crippen molar-refractivity contribution in [1.82, 2.24) is 0 Å². The third-order valence-electron chi connectivity index (χ3n) is 1.70. The van der Waals surface area contributed by atoms with Crippen LogP contribution >= 0.6 is 0 Å². The summed E-state index contributed by atoms with van der Waals surface area (Å²) in [5.74, 6) is 2.08. The molecule has 0 bridgehead atoms. The van der Waals surface area contributed by atoms with E-state index in [9.17, 15) is 9.90 Å². The summed E-state index contributed by atoms with van der Waals surface area (Å²) in [5.41, 5.74) is 1.33. The molecule has 3 heteroatoms. The van der Waals surface area contributed by atoms with E-state index in [0.29, 0.717) is 11.3 Å². The maximum atomic E-state index is 10.7. The lowest BCUT2D eigenvalue weighted by Crippen LogP contribution is -2.05. The summed E-state index contributed by atoms with van der Waals surface area (Å²) < 4.78 is 0. The summed E-state index contributed by atoms with van der Waals surface area (Å²) in [7, 11) is 0. The first-order valence-electron chi connectivity index (χ1n) is 4.15. The van der Waals surface area contributed by atoms with Gasteiger partial charge in [0, 0.05) is 12.6 Å². The Labute approximate surface area is 82.8 Å². The van der Waals surface area contributed by atoms with E-state index < -0.39 is 6.10 Å². The number of hydrogen-bond donors (Lipinski definition) is 2. The van der Waals surface area contributed by atoms with Crippen LogP contribution in [-0.4, -0.2) is 11.0 Å². The minimum absolute atomic E-state index is 0.129. The van der Waals surface area contributed by atoms with Gasteiger partial charge in [-0.3, -0.25) is 4.79 Å². The number of amides is 1. The molecule has 0 saturated carbocycles. The van der Waals surface area contributed by atoms with Gasteiger partial charge in [-0.1, -0.05) is 18.1 Å². The number of benzene rings is 1. The molecule has 1 aromatic carbocycles. The van der Waals surface area contributed by atoms with E-state index in [1.165, 1.54) is 6.92 Å². The number of carbonyl (C=O) groups excluding carboxylic acids is 1. The Balaban J connectivity index is 2.79. The third kappa shape index (κ3) is 2.61. The van der Waals surface area contributed by atoms with Crippen molar-refractivity contribution in [3.8, 4) is 12.3 Å². The van der Waals surface area contributed by atoms with Crippen molar-refractivity contribution in [2.45, 2.75) is 13.0 Å². The van der Waals surface area contributed by atoms with Crippen molar-refractivity contribution < 1.29 is 9.90 Å². The highest BCUT2D eigenvalue weighted by Gasteiger charge is 2.02. The number of rotatable bonds is 2. The molecule has 0 aromatic heterocycles. The Bertz CT molecular complexity index is 362. The zero-order valence-corrected chi connectivity index (χ0v) is 7.82. The standard InChI is InChI=1S/C11H11NO2/c1-3-11(14)9-4-6-10(7-5-9)12-8(2)13/h1,4-7,11,14H,2H3,(H,12,13). The van der Waals surface area contributed by atoms with Gasteiger partial charge in [0.1, 0.15) is 6.10 Å². The van der Waals surface area contributed by atoms with Crippen molar-refractivity contribution in [1.29, 1.82) is 0 Å². The predicted octanol–water partition coefficient (Wildman–Crippen LogP) is 1.31. The van der Waals surface area contributed by atoms with Crippen molar-refractivity contribution in [3.63, 3.8) is 0 Å². The number of carbonyl (C=O) groups is 1. The lowest BCUT2D eigenvalue weighted by Gasteiger charge is -2.05. The van der Waals surface area contributed by atoms with Crippen LogP contribution < -0.4 is 5.32 Å². The van der Waals surface area contributed by atoms with Crippen LogP contribution in [0.2, 0.25) is 0 Å². The van der Waals surface area contributed by atoms with E-state index in [4.69, 9.17) is 6.42 Å². The predicted molar refractivity (Wildman–Crippen MR) is 54.5 cm³/mol. The van der Waals surface area contributed by atoms with Gasteiger partial charge in [-0.05, 0) is 17.7 Å². The molecular weight excluding hydrogens is 178 g/mol. The molecule has 0 aliphatic carbocycles. The number of terminal acetylenes is 1. The molecule has 0 fully saturated rings. The van der Waals surface area contributed by atoms with Gasteiger partial charge < -0.3 is 10.4 Å². The van der Waals surface area contributed by atoms with Gasteiger partial charge in [-0.15, -0.1) is 6.42 Å². The molecule has 1 unspecified atom stereocenters.